The molecule has 0 amide bonds. The van der Waals surface area contributed by atoms with Gasteiger partial charge in [-0.25, -0.2) is 0 Å². The van der Waals surface area contributed by atoms with E-state index in [2.05, 4.69) is 38.2 Å². The first kappa shape index (κ1) is 16.9. The van der Waals surface area contributed by atoms with E-state index < -0.39 is 0 Å². The highest BCUT2D eigenvalue weighted by molar-refractivity contribution is 5.06. The lowest BCUT2D eigenvalue weighted by Crippen LogP contribution is -2.48. The maximum absolute atomic E-state index is 2.73. The molecule has 0 N–H and O–H groups in total. The molecule has 0 aromatic heterocycles. The molecule has 0 bridgehead atoms. The Labute approximate surface area is 150 Å². The van der Waals surface area contributed by atoms with Gasteiger partial charge in [0.2, 0.25) is 0 Å². The Balaban J connectivity index is 1.62. The first-order chi connectivity index (χ1) is 11.7. The molecule has 4 aliphatic carbocycles. The van der Waals surface area contributed by atoms with Gasteiger partial charge in [0.15, 0.2) is 0 Å². The van der Waals surface area contributed by atoms with E-state index in [1.807, 2.05) is 0 Å². The molecule has 0 aromatic carbocycles. The zero-order valence-electron chi connectivity index (χ0n) is 16.1. The molecule has 0 saturated heterocycles. The van der Waals surface area contributed by atoms with Crippen LogP contribution in [0, 0.1) is 40.9 Å². The molecular weight excluding hydrogens is 288 g/mol. The Hall–Kier alpha value is -0.520. The second-order valence-electron chi connectivity index (χ2n) is 9.67. The van der Waals surface area contributed by atoms with Gasteiger partial charge in [-0.1, -0.05) is 57.4 Å². The molecule has 0 spiro atoms. The van der Waals surface area contributed by atoms with E-state index in [-0.39, 0.29) is 0 Å². The van der Waals surface area contributed by atoms with Crippen LogP contribution in [0.1, 0.15) is 84.5 Å². The van der Waals surface area contributed by atoms with Gasteiger partial charge in [-0.05, 0) is 92.3 Å². The van der Waals surface area contributed by atoms with Crippen LogP contribution >= 0.6 is 0 Å². The predicted molar refractivity (Wildman–Crippen MR) is 104 cm³/mol. The van der Waals surface area contributed by atoms with Crippen molar-refractivity contribution >= 4 is 0 Å². The highest BCUT2D eigenvalue weighted by Gasteiger charge is 2.50. The summed E-state index contributed by atoms with van der Waals surface area (Å²) in [4.78, 5) is 0. The lowest BCUT2D eigenvalue weighted by Gasteiger charge is -2.56. The van der Waals surface area contributed by atoms with Crippen LogP contribution in [-0.4, -0.2) is 0 Å². The van der Waals surface area contributed by atoms with Gasteiger partial charge in [-0.3, -0.25) is 0 Å². The molecule has 6 atom stereocenters. The first-order valence-corrected chi connectivity index (χ1v) is 11.0. The molecule has 2 fully saturated rings. The Morgan fingerprint density at radius 2 is 1.17 bits per heavy atom. The van der Waals surface area contributed by atoms with Crippen LogP contribution in [0.3, 0.4) is 0 Å². The topological polar surface area (TPSA) is 0 Å². The van der Waals surface area contributed by atoms with Crippen molar-refractivity contribution in [1.29, 1.82) is 0 Å². The average Bonchev–Trinajstić information content (AvgIpc) is 2.66. The number of allylic oxidation sites excluding steroid dienone is 4. The molecule has 0 aliphatic heterocycles. The van der Waals surface area contributed by atoms with Gasteiger partial charge in [0.25, 0.3) is 0 Å². The van der Waals surface area contributed by atoms with E-state index in [0.717, 1.165) is 35.5 Å². The van der Waals surface area contributed by atoms with Crippen LogP contribution in [0.15, 0.2) is 24.3 Å². The van der Waals surface area contributed by atoms with Crippen LogP contribution in [0.2, 0.25) is 0 Å². The predicted octanol–water partition coefficient (Wildman–Crippen LogP) is 7.17. The number of hydrogen-bond donors (Lipinski definition) is 0. The van der Waals surface area contributed by atoms with Crippen molar-refractivity contribution in [2.45, 2.75) is 84.5 Å². The van der Waals surface area contributed by atoms with Crippen molar-refractivity contribution in [3.05, 3.63) is 24.3 Å². The third-order valence-corrected chi connectivity index (χ3v) is 8.91. The third-order valence-electron chi connectivity index (χ3n) is 8.91. The zero-order chi connectivity index (χ0) is 16.6. The summed E-state index contributed by atoms with van der Waals surface area (Å²) in [5.74, 6) is 5.97. The normalized spacial score (nSPS) is 44.4. The average molecular weight is 327 g/mol. The smallest absolute Gasteiger partial charge is 0.0266 e. The van der Waals surface area contributed by atoms with E-state index in [9.17, 15) is 0 Å². The van der Waals surface area contributed by atoms with Gasteiger partial charge < -0.3 is 0 Å². The number of fused-ring (bicyclic) bond motifs is 2. The number of hydrogen-bond acceptors (Lipinski definition) is 0. The molecule has 6 unspecified atom stereocenters. The number of rotatable bonds is 3. The quantitative estimate of drug-likeness (QED) is 0.482. The lowest BCUT2D eigenvalue weighted by atomic mass is 9.49. The van der Waals surface area contributed by atoms with Gasteiger partial charge in [0.05, 0.1) is 0 Å². The highest BCUT2D eigenvalue weighted by atomic mass is 14.5. The van der Waals surface area contributed by atoms with E-state index in [1.54, 1.807) is 0 Å². The van der Waals surface area contributed by atoms with Crippen molar-refractivity contribution in [3.8, 4) is 0 Å². The van der Waals surface area contributed by atoms with Crippen molar-refractivity contribution in [3.63, 3.8) is 0 Å². The van der Waals surface area contributed by atoms with Gasteiger partial charge >= 0.3 is 0 Å². The SMILES string of the molecule is CCC(C)(C1CCCC2CC=CCC21)C1CCCC2CC=CCC21. The minimum atomic E-state index is 0.586. The van der Waals surface area contributed by atoms with Crippen LogP contribution in [0.25, 0.3) is 0 Å². The van der Waals surface area contributed by atoms with E-state index in [4.69, 9.17) is 0 Å². The summed E-state index contributed by atoms with van der Waals surface area (Å²) < 4.78 is 0. The summed E-state index contributed by atoms with van der Waals surface area (Å²) in [6.45, 7) is 5.24. The fourth-order valence-electron chi connectivity index (χ4n) is 7.50. The maximum atomic E-state index is 2.73. The van der Waals surface area contributed by atoms with Gasteiger partial charge in [0.1, 0.15) is 0 Å². The largest absolute Gasteiger partial charge is 0.0882 e. The van der Waals surface area contributed by atoms with Crippen molar-refractivity contribution in [2.75, 3.05) is 0 Å². The van der Waals surface area contributed by atoms with Crippen molar-refractivity contribution < 1.29 is 0 Å². The summed E-state index contributed by atoms with van der Waals surface area (Å²) in [6.07, 6.45) is 25.9. The minimum absolute atomic E-state index is 0.586. The minimum Gasteiger partial charge on any atom is -0.0882 e. The monoisotopic (exact) mass is 326 g/mol. The molecule has 4 aliphatic rings. The molecule has 0 radical (unpaired) electrons. The molecular formula is C24H38. The summed E-state index contributed by atoms with van der Waals surface area (Å²) >= 11 is 0. The Bertz CT molecular complexity index is 444. The van der Waals surface area contributed by atoms with E-state index in [1.165, 1.54) is 70.6 Å². The highest BCUT2D eigenvalue weighted by Crippen LogP contribution is 2.59. The molecule has 0 heteroatoms. The fraction of sp³-hybridized carbons (Fsp3) is 0.833. The van der Waals surface area contributed by atoms with Gasteiger partial charge in [-0.2, -0.15) is 0 Å². The van der Waals surface area contributed by atoms with Crippen molar-refractivity contribution in [1.82, 2.24) is 0 Å². The third kappa shape index (κ3) is 2.82. The summed E-state index contributed by atoms with van der Waals surface area (Å²) in [5.41, 5.74) is 0.586. The van der Waals surface area contributed by atoms with Crippen molar-refractivity contribution in [2.24, 2.45) is 40.9 Å². The van der Waals surface area contributed by atoms with Gasteiger partial charge in [-0.15, -0.1) is 0 Å². The summed E-state index contributed by atoms with van der Waals surface area (Å²) in [6, 6.07) is 0. The first-order valence-electron chi connectivity index (χ1n) is 11.0. The Morgan fingerprint density at radius 3 is 1.62 bits per heavy atom. The van der Waals surface area contributed by atoms with Crippen LogP contribution in [0.4, 0.5) is 0 Å². The van der Waals surface area contributed by atoms with Crippen LogP contribution in [-0.2, 0) is 0 Å². The molecule has 2 saturated carbocycles. The molecule has 0 nitrogen and oxygen atoms in total. The molecule has 4 rings (SSSR count). The van der Waals surface area contributed by atoms with E-state index >= 15 is 0 Å². The second-order valence-corrected chi connectivity index (χ2v) is 9.67. The van der Waals surface area contributed by atoms with Crippen LogP contribution < -0.4 is 0 Å². The standard InChI is InChI=1S/C24H38/c1-3-24(2,22-16-8-12-18-10-4-6-14-20(18)22)23-17-9-13-19-11-5-7-15-21(19)23/h4-7,18-23H,3,8-17H2,1-2H3. The van der Waals surface area contributed by atoms with Gasteiger partial charge in [0, 0.05) is 0 Å². The molecule has 24 heavy (non-hydrogen) atoms. The van der Waals surface area contributed by atoms with E-state index in [0.29, 0.717) is 5.41 Å². The lowest BCUT2D eigenvalue weighted by molar-refractivity contribution is -0.0577. The maximum Gasteiger partial charge on any atom is -0.0266 e. The molecule has 134 valence electrons. The fourth-order valence-corrected chi connectivity index (χ4v) is 7.50. The zero-order valence-corrected chi connectivity index (χ0v) is 16.1. The molecule has 0 aromatic rings. The summed E-state index contributed by atoms with van der Waals surface area (Å²) in [5, 5.41) is 0. The van der Waals surface area contributed by atoms with Crippen LogP contribution in [0.5, 0.6) is 0 Å². The molecule has 0 heterocycles. The Morgan fingerprint density at radius 1 is 0.708 bits per heavy atom. The summed E-state index contributed by atoms with van der Waals surface area (Å²) in [7, 11) is 0. The Kier molecular flexibility index (Phi) is 4.94. The second kappa shape index (κ2) is 7.00.